The third-order valence-electron chi connectivity index (χ3n) is 7.80. The van der Waals surface area contributed by atoms with E-state index in [-0.39, 0.29) is 22.0 Å². The lowest BCUT2D eigenvalue weighted by atomic mass is 9.71. The highest BCUT2D eigenvalue weighted by molar-refractivity contribution is 7.24. The summed E-state index contributed by atoms with van der Waals surface area (Å²) < 4.78 is 6.11. The molecule has 0 radical (unpaired) electrons. The van der Waals surface area contributed by atoms with Gasteiger partial charge in [0.1, 0.15) is 17.2 Å². The standard InChI is InChI=1S/C31H28N2O4S2/c1-30(2)14-21-26-22(31(3,4)9-10-33(26)16-30)13-17-12-20(29(36)37-27(17)21)23-7-8-25(39-23)24-6-5-19(38-24)11-18(15-32)28(34)35/h5-8,11-13H,9-10,14,16H2,1-4H3,(H,34,35). The fourth-order valence-corrected chi connectivity index (χ4v) is 7.92. The van der Waals surface area contributed by atoms with E-state index >= 15 is 0 Å². The Morgan fingerprint density at radius 3 is 2.56 bits per heavy atom. The number of nitrogens with zero attached hydrogens (tertiary/aromatic N) is 2. The van der Waals surface area contributed by atoms with Gasteiger partial charge in [0.2, 0.25) is 0 Å². The number of carboxylic acid groups (broad SMARTS) is 1. The van der Waals surface area contributed by atoms with E-state index in [0.717, 1.165) is 51.5 Å². The van der Waals surface area contributed by atoms with Crippen LogP contribution in [0.1, 0.15) is 50.1 Å². The van der Waals surface area contributed by atoms with E-state index < -0.39 is 5.97 Å². The smallest absolute Gasteiger partial charge is 0.346 e. The first-order valence-electron chi connectivity index (χ1n) is 12.9. The quantitative estimate of drug-likeness (QED) is 0.161. The molecule has 0 saturated heterocycles. The predicted octanol–water partition coefficient (Wildman–Crippen LogP) is 7.31. The van der Waals surface area contributed by atoms with Gasteiger partial charge in [-0.1, -0.05) is 27.7 Å². The summed E-state index contributed by atoms with van der Waals surface area (Å²) in [5, 5.41) is 19.1. The SMILES string of the molecule is CC1(C)Cc2c3c(cc4cc(-c5ccc(-c6ccc(C=C(C#N)C(=O)O)s6)s5)c(=O)oc24)C(C)(C)CCN3C1. The second-order valence-electron chi connectivity index (χ2n) is 11.9. The molecule has 0 fully saturated rings. The number of aliphatic carboxylic acids is 1. The first-order chi connectivity index (χ1) is 18.5. The molecule has 1 N–H and O–H groups in total. The number of fused-ring (bicyclic) bond motifs is 2. The lowest BCUT2D eigenvalue weighted by Crippen LogP contribution is -2.46. The van der Waals surface area contributed by atoms with Crippen LogP contribution in [0, 0.1) is 16.7 Å². The van der Waals surface area contributed by atoms with Crippen molar-refractivity contribution in [2.24, 2.45) is 5.41 Å². The monoisotopic (exact) mass is 556 g/mol. The normalized spacial score (nSPS) is 17.6. The molecule has 198 valence electrons. The number of nitriles is 1. The molecule has 3 aromatic heterocycles. The Labute approximate surface area is 234 Å². The molecule has 0 saturated carbocycles. The predicted molar refractivity (Wildman–Crippen MR) is 158 cm³/mol. The van der Waals surface area contributed by atoms with Gasteiger partial charge in [0.05, 0.1) is 5.56 Å². The van der Waals surface area contributed by atoms with Crippen molar-refractivity contribution in [3.63, 3.8) is 0 Å². The summed E-state index contributed by atoms with van der Waals surface area (Å²) in [5.41, 5.74) is 4.48. The summed E-state index contributed by atoms with van der Waals surface area (Å²) in [5.74, 6) is -1.25. The van der Waals surface area contributed by atoms with Gasteiger partial charge in [-0.15, -0.1) is 22.7 Å². The Hall–Kier alpha value is -3.67. The number of thiophene rings is 2. The van der Waals surface area contributed by atoms with Crippen molar-refractivity contribution in [3.8, 4) is 26.3 Å². The highest BCUT2D eigenvalue weighted by atomic mass is 32.1. The van der Waals surface area contributed by atoms with Crippen LogP contribution in [-0.4, -0.2) is 24.2 Å². The first-order valence-corrected chi connectivity index (χ1v) is 14.5. The minimum Gasteiger partial charge on any atom is -0.477 e. The summed E-state index contributed by atoms with van der Waals surface area (Å²) in [6.45, 7) is 11.2. The minimum atomic E-state index is -1.25. The van der Waals surface area contributed by atoms with E-state index in [2.05, 4.69) is 38.7 Å². The zero-order valence-electron chi connectivity index (χ0n) is 22.3. The number of anilines is 1. The average Bonchev–Trinajstić information content (AvgIpc) is 3.53. The van der Waals surface area contributed by atoms with Crippen LogP contribution >= 0.6 is 22.7 Å². The maximum Gasteiger partial charge on any atom is 0.346 e. The fourth-order valence-electron chi connectivity index (χ4n) is 5.87. The number of carboxylic acids is 1. The molecule has 4 aromatic rings. The number of rotatable bonds is 4. The summed E-state index contributed by atoms with van der Waals surface area (Å²) in [7, 11) is 0. The highest BCUT2D eigenvalue weighted by Gasteiger charge is 2.40. The van der Waals surface area contributed by atoms with Crippen molar-refractivity contribution < 1.29 is 14.3 Å². The van der Waals surface area contributed by atoms with Crippen molar-refractivity contribution in [3.05, 3.63) is 68.4 Å². The second-order valence-corrected chi connectivity index (χ2v) is 14.1. The van der Waals surface area contributed by atoms with Crippen molar-refractivity contribution in [2.45, 2.75) is 46.0 Å². The largest absolute Gasteiger partial charge is 0.477 e. The van der Waals surface area contributed by atoms with Crippen LogP contribution in [-0.2, 0) is 16.6 Å². The van der Waals surface area contributed by atoms with Crippen molar-refractivity contribution in [1.82, 2.24) is 0 Å². The molecular formula is C31H28N2O4S2. The van der Waals surface area contributed by atoms with Gasteiger partial charge < -0.3 is 14.4 Å². The van der Waals surface area contributed by atoms with Gasteiger partial charge in [-0.3, -0.25) is 0 Å². The van der Waals surface area contributed by atoms with E-state index in [1.54, 1.807) is 12.1 Å². The Morgan fingerprint density at radius 1 is 1.10 bits per heavy atom. The fraction of sp³-hybridized carbons (Fsp3) is 0.323. The van der Waals surface area contributed by atoms with E-state index in [9.17, 15) is 9.59 Å². The summed E-state index contributed by atoms with van der Waals surface area (Å²) in [6.07, 6.45) is 3.33. The highest BCUT2D eigenvalue weighted by Crippen LogP contribution is 2.50. The lowest BCUT2D eigenvalue weighted by molar-refractivity contribution is -0.132. The van der Waals surface area contributed by atoms with Crippen LogP contribution < -0.4 is 10.5 Å². The zero-order valence-corrected chi connectivity index (χ0v) is 23.9. The van der Waals surface area contributed by atoms with Crippen LogP contribution in [0.3, 0.4) is 0 Å². The molecule has 2 aliphatic rings. The summed E-state index contributed by atoms with van der Waals surface area (Å²) in [4.78, 5) is 30.4. The third-order valence-corrected chi connectivity index (χ3v) is 10.1. The molecule has 5 heterocycles. The third kappa shape index (κ3) is 4.40. The van der Waals surface area contributed by atoms with Gasteiger partial charge in [0.15, 0.2) is 0 Å². The number of benzene rings is 1. The van der Waals surface area contributed by atoms with Crippen LogP contribution in [0.2, 0.25) is 0 Å². The van der Waals surface area contributed by atoms with Crippen molar-refractivity contribution in [2.75, 3.05) is 18.0 Å². The van der Waals surface area contributed by atoms with E-state index in [4.69, 9.17) is 14.8 Å². The Kier molecular flexibility index (Phi) is 5.87. The van der Waals surface area contributed by atoms with Crippen molar-refractivity contribution >= 4 is 51.4 Å². The number of hydrogen-bond donors (Lipinski definition) is 1. The summed E-state index contributed by atoms with van der Waals surface area (Å²) in [6, 6.07) is 13.5. The molecule has 0 atom stereocenters. The Balaban J connectivity index is 1.43. The van der Waals surface area contributed by atoms with Gasteiger partial charge in [-0.25, -0.2) is 9.59 Å². The van der Waals surface area contributed by atoms with Gasteiger partial charge >= 0.3 is 11.6 Å². The van der Waals surface area contributed by atoms with Crippen LogP contribution in [0.25, 0.3) is 37.2 Å². The molecule has 6 rings (SSSR count). The van der Waals surface area contributed by atoms with Crippen molar-refractivity contribution in [1.29, 1.82) is 5.26 Å². The average molecular weight is 557 g/mol. The maximum atomic E-state index is 13.4. The molecule has 0 spiro atoms. The second kappa shape index (κ2) is 8.94. The molecule has 6 nitrogen and oxygen atoms in total. The van der Waals surface area contributed by atoms with Crippen LogP contribution in [0.4, 0.5) is 5.69 Å². The van der Waals surface area contributed by atoms with Crippen LogP contribution in [0.15, 0.2) is 51.2 Å². The number of hydrogen-bond acceptors (Lipinski definition) is 7. The summed E-state index contributed by atoms with van der Waals surface area (Å²) >= 11 is 2.90. The van der Waals surface area contributed by atoms with Gasteiger partial charge in [-0.2, -0.15) is 5.26 Å². The first kappa shape index (κ1) is 25.6. The molecule has 1 aromatic carbocycles. The van der Waals surface area contributed by atoms with E-state index in [1.807, 2.05) is 24.3 Å². The minimum absolute atomic E-state index is 0.0417. The Bertz CT molecular complexity index is 1800. The van der Waals surface area contributed by atoms with Gasteiger partial charge in [0.25, 0.3) is 0 Å². The maximum absolute atomic E-state index is 13.4. The van der Waals surface area contributed by atoms with Crippen LogP contribution in [0.5, 0.6) is 0 Å². The zero-order chi connectivity index (χ0) is 27.7. The van der Waals surface area contributed by atoms with E-state index in [0.29, 0.717) is 16.0 Å². The lowest BCUT2D eigenvalue weighted by Gasteiger charge is -2.48. The van der Waals surface area contributed by atoms with Gasteiger partial charge in [0, 0.05) is 49.2 Å². The van der Waals surface area contributed by atoms with E-state index in [1.165, 1.54) is 40.0 Å². The Morgan fingerprint density at radius 2 is 1.82 bits per heavy atom. The molecule has 2 aliphatic heterocycles. The molecule has 8 heteroatoms. The molecule has 0 amide bonds. The topological polar surface area (TPSA) is 94.5 Å². The molecule has 39 heavy (non-hydrogen) atoms. The molecule has 0 bridgehead atoms. The molecular weight excluding hydrogens is 528 g/mol. The molecule has 0 aliphatic carbocycles. The number of carbonyl (C=O) groups is 1. The van der Waals surface area contributed by atoms with Gasteiger partial charge in [-0.05, 0) is 71.7 Å². The molecule has 0 unspecified atom stereocenters.